The molecule has 0 aliphatic carbocycles. The molecule has 0 aromatic carbocycles. The summed E-state index contributed by atoms with van der Waals surface area (Å²) in [6.07, 6.45) is 0.926. The molecule has 0 N–H and O–H groups in total. The van der Waals surface area contributed by atoms with Crippen molar-refractivity contribution in [2.24, 2.45) is 5.11 Å². The summed E-state index contributed by atoms with van der Waals surface area (Å²) in [6, 6.07) is 0.845. The number of hydrogen-bond donors (Lipinski definition) is 0. The van der Waals surface area contributed by atoms with E-state index in [0.29, 0.717) is 19.4 Å². The Morgan fingerprint density at radius 2 is 2.12 bits per heavy atom. The van der Waals surface area contributed by atoms with E-state index < -0.39 is 8.07 Å². The van der Waals surface area contributed by atoms with E-state index in [1.807, 2.05) is 0 Å². The fourth-order valence-corrected chi connectivity index (χ4v) is 3.20. The van der Waals surface area contributed by atoms with Crippen LogP contribution in [-0.2, 0) is 9.53 Å². The van der Waals surface area contributed by atoms with Crippen molar-refractivity contribution in [1.29, 1.82) is 0 Å². The van der Waals surface area contributed by atoms with Crippen molar-refractivity contribution in [2.45, 2.75) is 51.5 Å². The van der Waals surface area contributed by atoms with Gasteiger partial charge in [0.25, 0.3) is 0 Å². The van der Waals surface area contributed by atoms with Gasteiger partial charge in [0.05, 0.1) is 6.61 Å². The molecule has 0 aromatic rings. The average molecular weight is 243 g/mol. The maximum Gasteiger partial charge on any atom is 0.305 e. The van der Waals surface area contributed by atoms with E-state index >= 15 is 0 Å². The molecular formula is C10H21N3O2Si. The van der Waals surface area contributed by atoms with Crippen LogP contribution in [-0.4, -0.2) is 26.7 Å². The Morgan fingerprint density at radius 1 is 1.50 bits per heavy atom. The lowest BCUT2D eigenvalue weighted by Gasteiger charge is -2.20. The Hall–Kier alpha value is -1.00. The average Bonchev–Trinajstić information content (AvgIpc) is 2.13. The third-order valence-corrected chi connectivity index (χ3v) is 3.75. The molecule has 6 heteroatoms. The molecule has 0 amide bonds. The van der Waals surface area contributed by atoms with Crippen LogP contribution in [0.2, 0.25) is 25.7 Å². The number of carbonyl (C=O) groups is 1. The minimum Gasteiger partial charge on any atom is -0.466 e. The monoisotopic (exact) mass is 243 g/mol. The lowest BCUT2D eigenvalue weighted by Crippen LogP contribution is -2.26. The number of nitrogens with zero attached hydrogens (tertiary/aromatic N) is 3. The fraction of sp³-hybridized carbons (Fsp3) is 0.900. The van der Waals surface area contributed by atoms with Crippen molar-refractivity contribution in [3.63, 3.8) is 0 Å². The smallest absolute Gasteiger partial charge is 0.305 e. The van der Waals surface area contributed by atoms with Gasteiger partial charge in [-0.25, -0.2) is 0 Å². The third kappa shape index (κ3) is 8.32. The SMILES string of the molecule is CCOC(=O)CCC(C[Si](C)(C)C)N=[N+]=[N-]. The number of hydrogen-bond acceptors (Lipinski definition) is 3. The summed E-state index contributed by atoms with van der Waals surface area (Å²) in [7, 11) is -1.27. The van der Waals surface area contributed by atoms with Crippen LogP contribution in [0.1, 0.15) is 19.8 Å². The van der Waals surface area contributed by atoms with Gasteiger partial charge in [-0.3, -0.25) is 4.79 Å². The molecule has 16 heavy (non-hydrogen) atoms. The van der Waals surface area contributed by atoms with E-state index in [2.05, 4.69) is 29.7 Å². The first-order valence-corrected chi connectivity index (χ1v) is 9.29. The summed E-state index contributed by atoms with van der Waals surface area (Å²) in [4.78, 5) is 14.0. The Balaban J connectivity index is 4.14. The zero-order valence-electron chi connectivity index (χ0n) is 10.6. The molecular weight excluding hydrogens is 222 g/mol. The van der Waals surface area contributed by atoms with Crippen molar-refractivity contribution < 1.29 is 9.53 Å². The molecule has 0 heterocycles. The highest BCUT2D eigenvalue weighted by atomic mass is 28.3. The molecule has 0 radical (unpaired) electrons. The lowest BCUT2D eigenvalue weighted by atomic mass is 10.2. The third-order valence-electron chi connectivity index (χ3n) is 2.05. The van der Waals surface area contributed by atoms with E-state index in [1.54, 1.807) is 6.92 Å². The van der Waals surface area contributed by atoms with Gasteiger partial charge >= 0.3 is 5.97 Å². The van der Waals surface area contributed by atoms with Crippen molar-refractivity contribution in [2.75, 3.05) is 6.61 Å². The summed E-state index contributed by atoms with van der Waals surface area (Å²) in [6.45, 7) is 8.84. The van der Waals surface area contributed by atoms with Gasteiger partial charge in [0.1, 0.15) is 0 Å². The first-order valence-electron chi connectivity index (χ1n) is 5.59. The largest absolute Gasteiger partial charge is 0.466 e. The quantitative estimate of drug-likeness (QED) is 0.226. The Kier molecular flexibility index (Phi) is 6.84. The van der Waals surface area contributed by atoms with E-state index in [4.69, 9.17) is 10.3 Å². The topological polar surface area (TPSA) is 75.1 Å². The van der Waals surface area contributed by atoms with Crippen LogP contribution in [0.5, 0.6) is 0 Å². The van der Waals surface area contributed by atoms with Crippen LogP contribution in [0.3, 0.4) is 0 Å². The number of azide groups is 1. The molecule has 0 rings (SSSR count). The zero-order valence-corrected chi connectivity index (χ0v) is 11.6. The van der Waals surface area contributed by atoms with Crippen LogP contribution < -0.4 is 0 Å². The molecule has 0 aliphatic heterocycles. The second-order valence-electron chi connectivity index (χ2n) is 4.97. The molecule has 0 spiro atoms. The molecule has 92 valence electrons. The highest BCUT2D eigenvalue weighted by Crippen LogP contribution is 2.18. The molecule has 1 atom stereocenters. The second kappa shape index (κ2) is 7.30. The minimum absolute atomic E-state index is 0.0685. The van der Waals surface area contributed by atoms with Gasteiger partial charge in [0.15, 0.2) is 0 Å². The summed E-state index contributed by atoms with van der Waals surface area (Å²) in [5, 5.41) is 3.75. The summed E-state index contributed by atoms with van der Waals surface area (Å²) < 4.78 is 4.84. The van der Waals surface area contributed by atoms with Gasteiger partial charge in [-0.15, -0.1) is 0 Å². The molecule has 0 fully saturated rings. The zero-order chi connectivity index (χ0) is 12.6. The summed E-state index contributed by atoms with van der Waals surface area (Å²) in [5.41, 5.74) is 8.46. The summed E-state index contributed by atoms with van der Waals surface area (Å²) >= 11 is 0. The Morgan fingerprint density at radius 3 is 2.56 bits per heavy atom. The number of ether oxygens (including phenoxy) is 1. The normalized spacial score (nSPS) is 12.8. The molecule has 0 bridgehead atoms. The fourth-order valence-electron chi connectivity index (χ4n) is 1.50. The van der Waals surface area contributed by atoms with Crippen molar-refractivity contribution in [3.05, 3.63) is 10.4 Å². The predicted octanol–water partition coefficient (Wildman–Crippen LogP) is 3.35. The first-order chi connectivity index (χ1) is 7.39. The number of rotatable bonds is 7. The molecule has 5 nitrogen and oxygen atoms in total. The van der Waals surface area contributed by atoms with E-state index in [9.17, 15) is 4.79 Å². The van der Waals surface area contributed by atoms with E-state index in [-0.39, 0.29) is 12.0 Å². The maximum atomic E-state index is 11.2. The Labute approximate surface area is 97.8 Å². The van der Waals surface area contributed by atoms with E-state index in [0.717, 1.165) is 6.04 Å². The molecule has 0 saturated heterocycles. The maximum absolute atomic E-state index is 11.2. The highest BCUT2D eigenvalue weighted by Gasteiger charge is 2.20. The van der Waals surface area contributed by atoms with Crippen LogP contribution in [0, 0.1) is 0 Å². The highest BCUT2D eigenvalue weighted by molar-refractivity contribution is 6.76. The van der Waals surface area contributed by atoms with Gasteiger partial charge in [0.2, 0.25) is 0 Å². The van der Waals surface area contributed by atoms with Gasteiger partial charge in [-0.2, -0.15) is 0 Å². The molecule has 0 aromatic heterocycles. The molecule has 1 unspecified atom stereocenters. The standard InChI is InChI=1S/C10H21N3O2Si/c1-5-15-10(14)7-6-9(12-13-11)8-16(2,3)4/h9H,5-8H2,1-4H3. The molecule has 0 aliphatic rings. The second-order valence-corrected chi connectivity index (χ2v) is 10.5. The summed E-state index contributed by atoms with van der Waals surface area (Å²) in [5.74, 6) is -0.212. The molecule has 0 saturated carbocycles. The van der Waals surface area contributed by atoms with Crippen molar-refractivity contribution in [1.82, 2.24) is 0 Å². The van der Waals surface area contributed by atoms with Gasteiger partial charge in [0, 0.05) is 25.4 Å². The van der Waals surface area contributed by atoms with Crippen LogP contribution >= 0.6 is 0 Å². The predicted molar refractivity (Wildman–Crippen MR) is 67.0 cm³/mol. The number of carbonyl (C=O) groups excluding carboxylic acids is 1. The van der Waals surface area contributed by atoms with Crippen LogP contribution in [0.25, 0.3) is 10.4 Å². The Bertz CT molecular complexity index is 270. The van der Waals surface area contributed by atoms with Crippen molar-refractivity contribution in [3.8, 4) is 0 Å². The minimum atomic E-state index is -1.27. The number of esters is 1. The van der Waals surface area contributed by atoms with E-state index in [1.165, 1.54) is 0 Å². The van der Waals surface area contributed by atoms with Crippen LogP contribution in [0.15, 0.2) is 5.11 Å². The van der Waals surface area contributed by atoms with Gasteiger partial charge < -0.3 is 4.74 Å². The van der Waals surface area contributed by atoms with Crippen molar-refractivity contribution >= 4 is 14.0 Å². The first kappa shape index (κ1) is 15.0. The van der Waals surface area contributed by atoms with Crippen LogP contribution in [0.4, 0.5) is 0 Å². The lowest BCUT2D eigenvalue weighted by molar-refractivity contribution is -0.143. The van der Waals surface area contributed by atoms with Gasteiger partial charge in [-0.1, -0.05) is 24.8 Å². The van der Waals surface area contributed by atoms with Gasteiger partial charge in [-0.05, 0) is 24.9 Å².